The summed E-state index contributed by atoms with van der Waals surface area (Å²) in [5.74, 6) is 1.69. The number of allylic oxidation sites excluding steroid dienone is 1. The van der Waals surface area contributed by atoms with Crippen molar-refractivity contribution in [1.82, 2.24) is 0 Å². The molecule has 0 amide bonds. The predicted octanol–water partition coefficient (Wildman–Crippen LogP) is 1.69. The van der Waals surface area contributed by atoms with Crippen molar-refractivity contribution in [2.75, 3.05) is 0 Å². The van der Waals surface area contributed by atoms with Crippen molar-refractivity contribution in [1.29, 1.82) is 0 Å². The third kappa shape index (κ3) is 0.734. The largest absolute Gasteiger partial charge is 0.327 e. The van der Waals surface area contributed by atoms with E-state index >= 15 is 0 Å². The van der Waals surface area contributed by atoms with Crippen LogP contribution in [0.3, 0.4) is 0 Å². The fraction of sp³-hybridized carbons (Fsp3) is 0.778. The van der Waals surface area contributed by atoms with Gasteiger partial charge in [0.25, 0.3) is 0 Å². The van der Waals surface area contributed by atoms with Crippen LogP contribution in [0.4, 0.5) is 0 Å². The van der Waals surface area contributed by atoms with E-state index in [0.29, 0.717) is 6.04 Å². The lowest BCUT2D eigenvalue weighted by molar-refractivity contribution is 0.200. The highest BCUT2D eigenvalue weighted by Gasteiger charge is 2.40. The minimum absolute atomic E-state index is 0.494. The average Bonchev–Trinajstić information content (AvgIpc) is 2.26. The molecule has 0 radical (unpaired) electrons. The fourth-order valence-electron chi connectivity index (χ4n) is 2.24. The van der Waals surface area contributed by atoms with Gasteiger partial charge in [-0.2, -0.15) is 0 Å². The Labute approximate surface area is 62.3 Å². The van der Waals surface area contributed by atoms with E-state index < -0.39 is 0 Å². The van der Waals surface area contributed by atoms with E-state index in [4.69, 9.17) is 5.73 Å². The molecule has 0 aromatic heterocycles. The highest BCUT2D eigenvalue weighted by molar-refractivity contribution is 5.20. The Morgan fingerprint density at radius 2 is 2.50 bits per heavy atom. The van der Waals surface area contributed by atoms with Crippen LogP contribution in [-0.4, -0.2) is 6.04 Å². The third-order valence-electron chi connectivity index (χ3n) is 3.02. The summed E-state index contributed by atoms with van der Waals surface area (Å²) in [7, 11) is 0. The van der Waals surface area contributed by atoms with E-state index in [-0.39, 0.29) is 0 Å². The van der Waals surface area contributed by atoms with Gasteiger partial charge < -0.3 is 5.73 Å². The Hall–Kier alpha value is -0.300. The second kappa shape index (κ2) is 2.09. The first-order valence-corrected chi connectivity index (χ1v) is 4.26. The minimum Gasteiger partial charge on any atom is -0.327 e. The Morgan fingerprint density at radius 3 is 3.00 bits per heavy atom. The van der Waals surface area contributed by atoms with Crippen molar-refractivity contribution < 1.29 is 0 Å². The van der Waals surface area contributed by atoms with Crippen molar-refractivity contribution in [3.63, 3.8) is 0 Å². The summed E-state index contributed by atoms with van der Waals surface area (Å²) >= 11 is 0. The van der Waals surface area contributed by atoms with Crippen LogP contribution in [0.15, 0.2) is 11.6 Å². The first-order chi connectivity index (χ1) is 4.81. The predicted molar refractivity (Wildman–Crippen MR) is 42.6 cm³/mol. The standard InChI is InChI=1S/C9H15N/c1-2-6-3-7-5-9(10)8(7)4-6/h4,7-9H,2-3,5,10H2,1H3/t7-,8-,9?/m0/s1. The van der Waals surface area contributed by atoms with E-state index in [2.05, 4.69) is 13.0 Å². The molecule has 0 saturated heterocycles. The van der Waals surface area contributed by atoms with Crippen LogP contribution in [0.2, 0.25) is 0 Å². The highest BCUT2D eigenvalue weighted by Crippen LogP contribution is 2.45. The zero-order valence-corrected chi connectivity index (χ0v) is 6.51. The Morgan fingerprint density at radius 1 is 1.70 bits per heavy atom. The van der Waals surface area contributed by atoms with Crippen molar-refractivity contribution in [3.05, 3.63) is 11.6 Å². The molecule has 1 nitrogen and oxygen atoms in total. The summed E-state index contributed by atoms with van der Waals surface area (Å²) in [4.78, 5) is 0. The van der Waals surface area contributed by atoms with Crippen LogP contribution < -0.4 is 5.73 Å². The molecule has 1 saturated carbocycles. The normalized spacial score (nSPS) is 44.2. The molecular formula is C9H15N. The minimum atomic E-state index is 0.494. The lowest BCUT2D eigenvalue weighted by atomic mass is 9.72. The first-order valence-electron chi connectivity index (χ1n) is 4.26. The Bertz CT molecular complexity index is 172. The molecule has 1 fully saturated rings. The summed E-state index contributed by atoms with van der Waals surface area (Å²) in [6.07, 6.45) is 6.26. The topological polar surface area (TPSA) is 26.0 Å². The number of nitrogens with two attached hydrogens (primary N) is 1. The molecule has 2 N–H and O–H groups in total. The number of fused-ring (bicyclic) bond motifs is 1. The van der Waals surface area contributed by atoms with Gasteiger partial charge in [0.1, 0.15) is 0 Å². The maximum absolute atomic E-state index is 5.84. The maximum Gasteiger partial charge on any atom is 0.0108 e. The van der Waals surface area contributed by atoms with E-state index in [9.17, 15) is 0 Å². The number of hydrogen-bond acceptors (Lipinski definition) is 1. The van der Waals surface area contributed by atoms with Crippen molar-refractivity contribution in [2.24, 2.45) is 17.6 Å². The zero-order chi connectivity index (χ0) is 7.14. The van der Waals surface area contributed by atoms with E-state index in [1.807, 2.05) is 0 Å². The molecule has 0 spiro atoms. The molecule has 2 aliphatic carbocycles. The Balaban J connectivity index is 2.05. The smallest absolute Gasteiger partial charge is 0.0108 e. The van der Waals surface area contributed by atoms with Crippen LogP contribution in [0.1, 0.15) is 26.2 Å². The molecule has 0 aromatic carbocycles. The Kier molecular flexibility index (Phi) is 1.34. The van der Waals surface area contributed by atoms with E-state index in [1.54, 1.807) is 5.57 Å². The van der Waals surface area contributed by atoms with Gasteiger partial charge in [-0.3, -0.25) is 0 Å². The van der Waals surface area contributed by atoms with E-state index in [0.717, 1.165) is 11.8 Å². The van der Waals surface area contributed by atoms with Gasteiger partial charge in [0.05, 0.1) is 0 Å². The van der Waals surface area contributed by atoms with Gasteiger partial charge in [0.2, 0.25) is 0 Å². The van der Waals surface area contributed by atoms with Crippen molar-refractivity contribution in [3.8, 4) is 0 Å². The molecule has 0 heterocycles. The molecule has 2 aliphatic rings. The van der Waals surface area contributed by atoms with Gasteiger partial charge in [-0.25, -0.2) is 0 Å². The number of rotatable bonds is 1. The molecule has 10 heavy (non-hydrogen) atoms. The molecule has 1 unspecified atom stereocenters. The third-order valence-corrected chi connectivity index (χ3v) is 3.02. The molecule has 0 aromatic rings. The van der Waals surface area contributed by atoms with Crippen molar-refractivity contribution >= 4 is 0 Å². The van der Waals surface area contributed by atoms with Gasteiger partial charge in [-0.1, -0.05) is 18.6 Å². The molecule has 0 aliphatic heterocycles. The molecular weight excluding hydrogens is 122 g/mol. The lowest BCUT2D eigenvalue weighted by Crippen LogP contribution is -2.44. The molecule has 3 atom stereocenters. The summed E-state index contributed by atoms with van der Waals surface area (Å²) in [5.41, 5.74) is 7.48. The van der Waals surface area contributed by atoms with Crippen LogP contribution in [0.25, 0.3) is 0 Å². The summed E-state index contributed by atoms with van der Waals surface area (Å²) in [6.45, 7) is 2.24. The summed E-state index contributed by atoms with van der Waals surface area (Å²) in [6, 6.07) is 0.494. The molecule has 56 valence electrons. The van der Waals surface area contributed by atoms with Gasteiger partial charge in [0, 0.05) is 6.04 Å². The van der Waals surface area contributed by atoms with Crippen LogP contribution in [0.5, 0.6) is 0 Å². The number of hydrogen-bond donors (Lipinski definition) is 1. The fourth-order valence-corrected chi connectivity index (χ4v) is 2.24. The van der Waals surface area contributed by atoms with E-state index in [1.165, 1.54) is 19.3 Å². The van der Waals surface area contributed by atoms with Gasteiger partial charge >= 0.3 is 0 Å². The van der Waals surface area contributed by atoms with Crippen LogP contribution >= 0.6 is 0 Å². The lowest BCUT2D eigenvalue weighted by Gasteiger charge is -2.37. The molecule has 0 bridgehead atoms. The van der Waals surface area contributed by atoms with Crippen molar-refractivity contribution in [2.45, 2.75) is 32.2 Å². The quantitative estimate of drug-likeness (QED) is 0.547. The molecule has 2 rings (SSSR count). The zero-order valence-electron chi connectivity index (χ0n) is 6.51. The first kappa shape index (κ1) is 6.41. The second-order valence-corrected chi connectivity index (χ2v) is 3.62. The van der Waals surface area contributed by atoms with Gasteiger partial charge in [-0.05, 0) is 31.1 Å². The van der Waals surface area contributed by atoms with Crippen LogP contribution in [-0.2, 0) is 0 Å². The highest BCUT2D eigenvalue weighted by atomic mass is 14.7. The maximum atomic E-state index is 5.84. The van der Waals surface area contributed by atoms with Crippen LogP contribution in [0, 0.1) is 11.8 Å². The second-order valence-electron chi connectivity index (χ2n) is 3.62. The monoisotopic (exact) mass is 137 g/mol. The summed E-state index contributed by atoms with van der Waals surface area (Å²) < 4.78 is 0. The average molecular weight is 137 g/mol. The summed E-state index contributed by atoms with van der Waals surface area (Å²) in [5, 5.41) is 0. The SMILES string of the molecule is CCC1=C[C@@H]2C(N)C[C@@H]2C1. The van der Waals surface area contributed by atoms with Gasteiger partial charge in [0.15, 0.2) is 0 Å². The van der Waals surface area contributed by atoms with Gasteiger partial charge in [-0.15, -0.1) is 0 Å². The molecule has 1 heteroatoms.